The third-order valence-corrected chi connectivity index (χ3v) is 5.25. The van der Waals surface area contributed by atoms with E-state index in [-0.39, 0.29) is 11.9 Å². The van der Waals surface area contributed by atoms with Crippen molar-refractivity contribution in [2.45, 2.75) is 38.3 Å². The van der Waals surface area contributed by atoms with Gasteiger partial charge < -0.3 is 15.0 Å². The predicted octanol–water partition coefficient (Wildman–Crippen LogP) is 1.83. The summed E-state index contributed by atoms with van der Waals surface area (Å²) < 4.78 is 32.6. The van der Waals surface area contributed by atoms with Crippen LogP contribution >= 0.6 is 0 Å². The van der Waals surface area contributed by atoms with E-state index in [2.05, 4.69) is 15.5 Å². The van der Waals surface area contributed by atoms with Crippen LogP contribution in [0, 0.1) is 11.6 Å². The van der Waals surface area contributed by atoms with Gasteiger partial charge in [0, 0.05) is 44.0 Å². The molecule has 0 bridgehead atoms. The molecule has 2 aliphatic rings. The summed E-state index contributed by atoms with van der Waals surface area (Å²) in [6.07, 6.45) is 1.14. The molecule has 1 aromatic carbocycles. The van der Waals surface area contributed by atoms with E-state index in [0.717, 1.165) is 12.6 Å². The van der Waals surface area contributed by atoms with Gasteiger partial charge in [-0.1, -0.05) is 0 Å². The number of hydrogen-bond donors (Lipinski definition) is 2. The maximum absolute atomic E-state index is 13.5. The van der Waals surface area contributed by atoms with E-state index in [9.17, 15) is 18.4 Å². The molecule has 28 heavy (non-hydrogen) atoms. The zero-order valence-corrected chi connectivity index (χ0v) is 16.1. The molecule has 9 heteroatoms. The molecule has 2 atom stereocenters. The summed E-state index contributed by atoms with van der Waals surface area (Å²) in [5.41, 5.74) is -0.323. The molecular weight excluding hydrogens is 370 g/mol. The fraction of sp³-hybridized carbons (Fsp3) is 0.579. The van der Waals surface area contributed by atoms with Gasteiger partial charge in [-0.3, -0.25) is 15.0 Å². The van der Waals surface area contributed by atoms with Crippen molar-refractivity contribution < 1.29 is 23.1 Å². The summed E-state index contributed by atoms with van der Waals surface area (Å²) in [7, 11) is 0. The van der Waals surface area contributed by atoms with E-state index in [1.165, 1.54) is 12.1 Å². The summed E-state index contributed by atoms with van der Waals surface area (Å²) in [6.45, 7) is 6.72. The number of benzene rings is 1. The van der Waals surface area contributed by atoms with Crippen LogP contribution in [0.25, 0.3) is 0 Å². The molecular formula is C19H26F2N4O3. The minimum absolute atomic E-state index is 0.0925. The third-order valence-electron chi connectivity index (χ3n) is 5.25. The van der Waals surface area contributed by atoms with E-state index in [0.29, 0.717) is 45.0 Å². The normalized spacial score (nSPS) is 25.7. The van der Waals surface area contributed by atoms with Crippen LogP contribution < -0.4 is 15.5 Å². The number of piperazine rings is 1. The molecule has 0 aromatic heterocycles. The van der Waals surface area contributed by atoms with Crippen LogP contribution in [0.1, 0.15) is 26.7 Å². The second kappa shape index (κ2) is 8.40. The number of hydrogen-bond acceptors (Lipinski definition) is 5. The quantitative estimate of drug-likeness (QED) is 0.543. The van der Waals surface area contributed by atoms with Crippen molar-refractivity contribution in [1.82, 2.24) is 15.5 Å². The summed E-state index contributed by atoms with van der Waals surface area (Å²) in [4.78, 5) is 27.1. The third kappa shape index (κ3) is 4.77. The van der Waals surface area contributed by atoms with Gasteiger partial charge in [-0.25, -0.2) is 13.6 Å². The van der Waals surface area contributed by atoms with Gasteiger partial charge in [-0.05, 0) is 38.8 Å². The number of halogens is 2. The van der Waals surface area contributed by atoms with E-state index >= 15 is 0 Å². The minimum atomic E-state index is -0.874. The summed E-state index contributed by atoms with van der Waals surface area (Å²) in [5, 5.41) is 4.87. The molecule has 2 saturated heterocycles. The molecule has 7 nitrogen and oxygen atoms in total. The topological polar surface area (TPSA) is 73.9 Å². The van der Waals surface area contributed by atoms with Gasteiger partial charge in [0.25, 0.3) is 5.91 Å². The second-order valence-electron chi connectivity index (χ2n) is 7.63. The predicted molar refractivity (Wildman–Crippen MR) is 99.9 cm³/mol. The second-order valence-corrected chi connectivity index (χ2v) is 7.63. The molecule has 2 fully saturated rings. The smallest absolute Gasteiger partial charge is 0.322 e. The molecule has 0 saturated carbocycles. The molecule has 2 aliphatic heterocycles. The Morgan fingerprint density at radius 2 is 1.93 bits per heavy atom. The Labute approximate surface area is 163 Å². The minimum Gasteiger partial charge on any atom is -0.366 e. The lowest BCUT2D eigenvalue weighted by Crippen LogP contribution is -2.52. The lowest BCUT2D eigenvalue weighted by atomic mass is 9.96. The number of nitrogens with one attached hydrogen (secondary N) is 2. The van der Waals surface area contributed by atoms with Crippen LogP contribution in [0.15, 0.2) is 18.2 Å². The highest BCUT2D eigenvalue weighted by Gasteiger charge is 2.41. The summed E-state index contributed by atoms with van der Waals surface area (Å²) in [5.74, 6) is -1.46. The molecule has 2 N–H and O–H groups in total. The molecule has 154 valence electrons. The van der Waals surface area contributed by atoms with Crippen LogP contribution in [-0.4, -0.2) is 61.4 Å². The highest BCUT2D eigenvalue weighted by molar-refractivity contribution is 6.06. The average Bonchev–Trinajstić information content (AvgIpc) is 2.86. The van der Waals surface area contributed by atoms with Crippen molar-refractivity contribution in [3.8, 4) is 0 Å². The van der Waals surface area contributed by atoms with Gasteiger partial charge in [0.15, 0.2) is 0 Å². The zero-order chi connectivity index (χ0) is 20.3. The highest BCUT2D eigenvalue weighted by Crippen LogP contribution is 2.23. The Balaban J connectivity index is 1.39. The van der Waals surface area contributed by atoms with Crippen molar-refractivity contribution in [1.29, 1.82) is 0 Å². The lowest BCUT2D eigenvalue weighted by Gasteiger charge is -2.41. The Bertz CT molecular complexity index is 728. The highest BCUT2D eigenvalue weighted by atomic mass is 19.1. The van der Waals surface area contributed by atoms with Crippen molar-refractivity contribution in [2.75, 3.05) is 37.9 Å². The van der Waals surface area contributed by atoms with Crippen molar-refractivity contribution in [2.24, 2.45) is 0 Å². The maximum atomic E-state index is 13.5. The molecule has 3 rings (SSSR count). The number of imide groups is 1. The number of amides is 3. The SMILES string of the molecule is C[C@H]1CN(COCCCC2(C)NC(=O)NC2=O)CCN1c1cc(F)cc(F)c1. The van der Waals surface area contributed by atoms with Crippen molar-refractivity contribution in [3.63, 3.8) is 0 Å². The van der Waals surface area contributed by atoms with Crippen molar-refractivity contribution in [3.05, 3.63) is 29.8 Å². The first-order chi connectivity index (χ1) is 13.3. The number of anilines is 1. The first-order valence-electron chi connectivity index (χ1n) is 9.43. The van der Waals surface area contributed by atoms with Crippen LogP contribution in [0.3, 0.4) is 0 Å². The number of rotatable bonds is 7. The van der Waals surface area contributed by atoms with Gasteiger partial charge in [-0.2, -0.15) is 0 Å². The number of carbonyl (C=O) groups excluding carboxylic acids is 2. The van der Waals surface area contributed by atoms with Crippen molar-refractivity contribution >= 4 is 17.6 Å². The number of urea groups is 1. The van der Waals surface area contributed by atoms with E-state index in [1.807, 2.05) is 11.8 Å². The van der Waals surface area contributed by atoms with Gasteiger partial charge in [0.1, 0.15) is 17.2 Å². The molecule has 0 radical (unpaired) electrons. The van der Waals surface area contributed by atoms with Crippen LogP contribution in [-0.2, 0) is 9.53 Å². The fourth-order valence-electron chi connectivity index (χ4n) is 3.72. The Morgan fingerprint density at radius 1 is 1.21 bits per heavy atom. The molecule has 1 unspecified atom stereocenters. The Hall–Kier alpha value is -2.26. The van der Waals surface area contributed by atoms with Gasteiger partial charge in [-0.15, -0.1) is 0 Å². The van der Waals surface area contributed by atoms with E-state index in [1.54, 1.807) is 6.92 Å². The fourth-order valence-corrected chi connectivity index (χ4v) is 3.72. The molecule has 2 heterocycles. The average molecular weight is 396 g/mol. The van der Waals surface area contributed by atoms with Crippen LogP contribution in [0.5, 0.6) is 0 Å². The Kier molecular flexibility index (Phi) is 6.14. The van der Waals surface area contributed by atoms with Crippen LogP contribution in [0.2, 0.25) is 0 Å². The number of carbonyl (C=O) groups is 2. The van der Waals surface area contributed by atoms with Gasteiger partial charge >= 0.3 is 6.03 Å². The monoisotopic (exact) mass is 396 g/mol. The van der Waals surface area contributed by atoms with Gasteiger partial charge in [0.05, 0.1) is 6.73 Å². The maximum Gasteiger partial charge on any atom is 0.322 e. The van der Waals surface area contributed by atoms with Gasteiger partial charge in [0.2, 0.25) is 0 Å². The Morgan fingerprint density at radius 3 is 2.54 bits per heavy atom. The van der Waals surface area contributed by atoms with E-state index < -0.39 is 23.2 Å². The standard InChI is InChI=1S/C19H26F2N4O3/c1-13-11-24(5-6-25(13)16-9-14(20)8-15(21)10-16)12-28-7-3-4-19(2)17(26)22-18(27)23-19/h8-10,13H,3-7,11-12H2,1-2H3,(H2,22,23,26,27)/t13-,19?/m0/s1. The van der Waals surface area contributed by atoms with E-state index in [4.69, 9.17) is 4.74 Å². The largest absolute Gasteiger partial charge is 0.366 e. The van der Waals surface area contributed by atoms with Crippen LogP contribution in [0.4, 0.5) is 19.3 Å². The molecule has 3 amide bonds. The summed E-state index contributed by atoms with van der Waals surface area (Å²) >= 11 is 0. The molecule has 0 spiro atoms. The first-order valence-corrected chi connectivity index (χ1v) is 9.43. The zero-order valence-electron chi connectivity index (χ0n) is 16.1. The lowest BCUT2D eigenvalue weighted by molar-refractivity contribution is -0.123. The molecule has 0 aliphatic carbocycles. The number of nitrogens with zero attached hydrogens (tertiary/aromatic N) is 2. The first kappa shape index (κ1) is 20.5. The molecule has 1 aromatic rings. The summed E-state index contributed by atoms with van der Waals surface area (Å²) in [6, 6.07) is 3.21. The number of ether oxygens (including phenoxy) is 1.